The highest BCUT2D eigenvalue weighted by atomic mass is 35.5. The van der Waals surface area contributed by atoms with Gasteiger partial charge in [0.25, 0.3) is 0 Å². The summed E-state index contributed by atoms with van der Waals surface area (Å²) in [6.45, 7) is 1.70. The average Bonchev–Trinajstić information content (AvgIpc) is 3.07. The van der Waals surface area contributed by atoms with Crippen molar-refractivity contribution in [3.05, 3.63) is 41.1 Å². The maximum Gasteiger partial charge on any atom is 0.180 e. The van der Waals surface area contributed by atoms with E-state index >= 15 is 0 Å². The monoisotopic (exact) mass is 303 g/mol. The average molecular weight is 304 g/mol. The minimum Gasteiger partial charge on any atom is -0.547 e. The summed E-state index contributed by atoms with van der Waals surface area (Å²) in [6.07, 6.45) is 1.01. The second-order valence-corrected chi connectivity index (χ2v) is 5.54. The number of rotatable bonds is 4. The Morgan fingerprint density at radius 1 is 1.38 bits per heavy atom. The van der Waals surface area contributed by atoms with Gasteiger partial charge in [-0.25, -0.2) is 0 Å². The van der Waals surface area contributed by atoms with Crippen LogP contribution in [-0.4, -0.2) is 22.4 Å². The second kappa shape index (κ2) is 5.00. The predicted molar refractivity (Wildman–Crippen MR) is 76.1 cm³/mol. The zero-order chi connectivity index (χ0) is 15.0. The fourth-order valence-electron chi connectivity index (χ4n) is 2.06. The van der Waals surface area contributed by atoms with Crippen LogP contribution in [0.2, 0.25) is 5.02 Å². The highest BCUT2D eigenvalue weighted by Crippen LogP contribution is 2.39. The Kier molecular flexibility index (Phi) is 3.29. The van der Waals surface area contributed by atoms with Crippen LogP contribution < -0.4 is 5.11 Å². The van der Waals surface area contributed by atoms with E-state index in [1.807, 2.05) is 12.1 Å². The first-order chi connectivity index (χ1) is 10.00. The number of aliphatic imine (C=N–C) groups is 1. The molecular formula is C15H12ClN2O3-. The normalized spacial score (nSPS) is 16.8. The molecular weight excluding hydrogens is 292 g/mol. The number of benzene rings is 1. The molecule has 0 bridgehead atoms. The summed E-state index contributed by atoms with van der Waals surface area (Å²) in [5.41, 5.74) is 0.944. The number of carbonyl (C=O) groups is 1. The summed E-state index contributed by atoms with van der Waals surface area (Å²) in [5, 5.41) is 15.6. The third-order valence-electron chi connectivity index (χ3n) is 3.49. The summed E-state index contributed by atoms with van der Waals surface area (Å²) in [5.74, 6) is -0.688. The van der Waals surface area contributed by atoms with E-state index in [0.29, 0.717) is 35.0 Å². The molecule has 0 amide bonds. The topological polar surface area (TPSA) is 78.5 Å². The SMILES string of the molecule is CC(=NC1(C(=O)[O-])CC1)c1cc(-c2ccc(Cl)cc2)no1. The molecule has 0 spiro atoms. The molecule has 0 radical (unpaired) electrons. The van der Waals surface area contributed by atoms with E-state index in [-0.39, 0.29) is 0 Å². The maximum absolute atomic E-state index is 11.0. The minimum absolute atomic E-state index is 0.451. The van der Waals surface area contributed by atoms with Gasteiger partial charge in [-0.2, -0.15) is 0 Å². The first-order valence-corrected chi connectivity index (χ1v) is 6.89. The molecule has 0 N–H and O–H groups in total. The second-order valence-electron chi connectivity index (χ2n) is 5.10. The number of aliphatic carboxylic acids is 1. The molecule has 21 heavy (non-hydrogen) atoms. The lowest BCUT2D eigenvalue weighted by Crippen LogP contribution is -2.36. The van der Waals surface area contributed by atoms with Gasteiger partial charge in [0.15, 0.2) is 5.76 Å². The van der Waals surface area contributed by atoms with Crippen LogP contribution in [0.15, 0.2) is 39.8 Å². The van der Waals surface area contributed by atoms with Crippen molar-refractivity contribution in [3.8, 4) is 11.3 Å². The molecule has 1 heterocycles. The Hall–Kier alpha value is -2.14. The van der Waals surface area contributed by atoms with E-state index in [1.54, 1.807) is 25.1 Å². The van der Waals surface area contributed by atoms with Gasteiger partial charge in [0.1, 0.15) is 11.2 Å². The van der Waals surface area contributed by atoms with Crippen LogP contribution in [0.1, 0.15) is 25.5 Å². The van der Waals surface area contributed by atoms with Crippen molar-refractivity contribution in [1.82, 2.24) is 5.16 Å². The highest BCUT2D eigenvalue weighted by molar-refractivity contribution is 6.30. The molecule has 0 saturated heterocycles. The van der Waals surface area contributed by atoms with Crippen molar-refractivity contribution in [2.75, 3.05) is 0 Å². The lowest BCUT2D eigenvalue weighted by atomic mass is 10.1. The molecule has 1 saturated carbocycles. The van der Waals surface area contributed by atoms with E-state index in [4.69, 9.17) is 16.1 Å². The Morgan fingerprint density at radius 3 is 2.62 bits per heavy atom. The number of nitrogens with zero attached hydrogens (tertiary/aromatic N) is 2. The summed E-state index contributed by atoms with van der Waals surface area (Å²) < 4.78 is 5.24. The van der Waals surface area contributed by atoms with E-state index in [9.17, 15) is 9.90 Å². The Morgan fingerprint density at radius 2 is 2.05 bits per heavy atom. The number of hydrogen-bond donors (Lipinski definition) is 0. The van der Waals surface area contributed by atoms with Crippen molar-refractivity contribution >= 4 is 23.3 Å². The van der Waals surface area contributed by atoms with E-state index < -0.39 is 11.5 Å². The van der Waals surface area contributed by atoms with Gasteiger partial charge in [-0.3, -0.25) is 4.99 Å². The van der Waals surface area contributed by atoms with Crippen molar-refractivity contribution in [3.63, 3.8) is 0 Å². The zero-order valence-corrected chi connectivity index (χ0v) is 12.1. The van der Waals surface area contributed by atoms with Crippen LogP contribution in [0.25, 0.3) is 11.3 Å². The quantitative estimate of drug-likeness (QED) is 0.810. The van der Waals surface area contributed by atoms with Crippen molar-refractivity contribution in [2.45, 2.75) is 25.3 Å². The molecule has 1 aliphatic carbocycles. The Bertz CT molecular complexity index is 715. The number of carboxylic acid groups (broad SMARTS) is 1. The molecule has 0 aliphatic heterocycles. The molecule has 6 heteroatoms. The molecule has 1 aromatic heterocycles. The lowest BCUT2D eigenvalue weighted by molar-refractivity contribution is -0.308. The van der Waals surface area contributed by atoms with Crippen LogP contribution in [0.4, 0.5) is 0 Å². The lowest BCUT2D eigenvalue weighted by Gasteiger charge is -2.11. The van der Waals surface area contributed by atoms with Gasteiger partial charge >= 0.3 is 0 Å². The van der Waals surface area contributed by atoms with Crippen molar-refractivity contribution < 1.29 is 14.4 Å². The van der Waals surface area contributed by atoms with Crippen molar-refractivity contribution in [2.24, 2.45) is 4.99 Å². The number of aromatic nitrogens is 1. The molecule has 1 aliphatic rings. The minimum atomic E-state index is -1.14. The van der Waals surface area contributed by atoms with Crippen molar-refractivity contribution in [1.29, 1.82) is 0 Å². The number of halogens is 1. The molecule has 1 aromatic carbocycles. The standard InChI is InChI=1S/C15H13ClN2O3/c1-9(17-15(6-7-15)14(19)20)13-8-12(18-21-13)10-2-4-11(16)5-3-10/h2-5,8H,6-7H2,1H3,(H,19,20)/p-1. The van der Waals surface area contributed by atoms with Gasteiger partial charge in [0.2, 0.25) is 0 Å². The Labute approximate surface area is 126 Å². The van der Waals surface area contributed by atoms with Gasteiger partial charge in [-0.05, 0) is 31.9 Å². The van der Waals surface area contributed by atoms with Crippen LogP contribution in [-0.2, 0) is 4.79 Å². The summed E-state index contributed by atoms with van der Waals surface area (Å²) in [7, 11) is 0. The molecule has 1 fully saturated rings. The fourth-order valence-corrected chi connectivity index (χ4v) is 2.18. The molecule has 0 unspecified atom stereocenters. The molecule has 3 rings (SSSR count). The summed E-state index contributed by atoms with van der Waals surface area (Å²) in [4.78, 5) is 15.2. The van der Waals surface area contributed by atoms with Gasteiger partial charge in [0, 0.05) is 16.7 Å². The predicted octanol–water partition coefficient (Wildman–Crippen LogP) is 2.09. The molecule has 5 nitrogen and oxygen atoms in total. The third kappa shape index (κ3) is 2.69. The first-order valence-electron chi connectivity index (χ1n) is 6.51. The van der Waals surface area contributed by atoms with Gasteiger partial charge in [0.05, 0.1) is 11.7 Å². The molecule has 108 valence electrons. The zero-order valence-electron chi connectivity index (χ0n) is 11.3. The Balaban J connectivity index is 1.86. The van der Waals surface area contributed by atoms with Crippen LogP contribution in [0, 0.1) is 0 Å². The van der Waals surface area contributed by atoms with Gasteiger partial charge in [-0.1, -0.05) is 28.9 Å². The summed E-state index contributed by atoms with van der Waals surface area (Å²) >= 11 is 5.84. The van der Waals surface area contributed by atoms with Crippen LogP contribution in [0.3, 0.4) is 0 Å². The largest absolute Gasteiger partial charge is 0.547 e. The fraction of sp³-hybridized carbons (Fsp3) is 0.267. The van der Waals surface area contributed by atoms with Crippen LogP contribution in [0.5, 0.6) is 0 Å². The molecule has 0 atom stereocenters. The highest BCUT2D eigenvalue weighted by Gasteiger charge is 2.44. The summed E-state index contributed by atoms with van der Waals surface area (Å²) in [6, 6.07) is 8.93. The number of hydrogen-bond acceptors (Lipinski definition) is 5. The van der Waals surface area contributed by atoms with Gasteiger partial charge in [-0.15, -0.1) is 0 Å². The van der Waals surface area contributed by atoms with Crippen LogP contribution >= 0.6 is 11.6 Å². The first kappa shape index (κ1) is 13.8. The van der Waals surface area contributed by atoms with Gasteiger partial charge < -0.3 is 14.4 Å². The van der Waals surface area contributed by atoms with E-state index in [0.717, 1.165) is 5.56 Å². The molecule has 2 aromatic rings. The maximum atomic E-state index is 11.0. The number of carbonyl (C=O) groups excluding carboxylic acids is 1. The van der Waals surface area contributed by atoms with E-state index in [1.165, 1.54) is 0 Å². The smallest absolute Gasteiger partial charge is 0.180 e. The number of carboxylic acids is 1. The van der Waals surface area contributed by atoms with E-state index in [2.05, 4.69) is 10.1 Å². The third-order valence-corrected chi connectivity index (χ3v) is 3.74.